The molecule has 0 saturated heterocycles. The van der Waals surface area contributed by atoms with E-state index in [1.165, 1.54) is 6.07 Å². The van der Waals surface area contributed by atoms with Gasteiger partial charge >= 0.3 is 11.6 Å². The molecular formula is C22H13BrO5. The molecule has 3 aromatic carbocycles. The Morgan fingerprint density at radius 2 is 1.68 bits per heavy atom. The van der Waals surface area contributed by atoms with Crippen molar-refractivity contribution in [3.05, 3.63) is 92.7 Å². The van der Waals surface area contributed by atoms with E-state index in [1.807, 2.05) is 30.3 Å². The summed E-state index contributed by atoms with van der Waals surface area (Å²) in [5.74, 6) is -1.25. The molecule has 0 aliphatic rings. The number of esters is 1. The number of ketones is 1. The van der Waals surface area contributed by atoms with Crippen LogP contribution in [0.25, 0.3) is 21.7 Å². The highest BCUT2D eigenvalue weighted by Crippen LogP contribution is 2.21. The van der Waals surface area contributed by atoms with E-state index in [-0.39, 0.29) is 11.3 Å². The lowest BCUT2D eigenvalue weighted by Gasteiger charge is -2.07. The van der Waals surface area contributed by atoms with Crippen LogP contribution in [0.3, 0.4) is 0 Å². The van der Waals surface area contributed by atoms with Crippen LogP contribution in [0.5, 0.6) is 0 Å². The lowest BCUT2D eigenvalue weighted by Crippen LogP contribution is -2.20. The Morgan fingerprint density at radius 3 is 2.54 bits per heavy atom. The van der Waals surface area contributed by atoms with E-state index >= 15 is 0 Å². The standard InChI is InChI=1S/C22H13BrO5/c23-15-8-9-20-14(10-15)11-18(22(26)28-20)21(25)27-12-19(24)17-7-3-5-13-4-1-2-6-16(13)17/h1-11H,12H2. The topological polar surface area (TPSA) is 73.6 Å². The van der Waals surface area contributed by atoms with Crippen LogP contribution in [-0.2, 0) is 4.74 Å². The van der Waals surface area contributed by atoms with Crippen LogP contribution in [-0.4, -0.2) is 18.4 Å². The molecule has 0 aliphatic heterocycles. The zero-order chi connectivity index (χ0) is 19.7. The summed E-state index contributed by atoms with van der Waals surface area (Å²) in [6, 6.07) is 19.3. The second-order valence-electron chi connectivity index (χ2n) is 6.16. The van der Waals surface area contributed by atoms with E-state index in [4.69, 9.17) is 9.15 Å². The van der Waals surface area contributed by atoms with E-state index in [9.17, 15) is 14.4 Å². The normalized spacial score (nSPS) is 10.9. The van der Waals surface area contributed by atoms with Gasteiger partial charge in [-0.3, -0.25) is 4.79 Å². The Hall–Kier alpha value is -3.25. The summed E-state index contributed by atoms with van der Waals surface area (Å²) in [7, 11) is 0. The number of Topliss-reactive ketones (excluding diaryl/α,β-unsaturated/α-hetero) is 1. The summed E-state index contributed by atoms with van der Waals surface area (Å²) in [6.07, 6.45) is 0. The highest BCUT2D eigenvalue weighted by atomic mass is 79.9. The van der Waals surface area contributed by atoms with Gasteiger partial charge < -0.3 is 9.15 Å². The van der Waals surface area contributed by atoms with Gasteiger partial charge in [-0.2, -0.15) is 0 Å². The van der Waals surface area contributed by atoms with E-state index in [1.54, 1.807) is 30.3 Å². The maximum absolute atomic E-state index is 12.6. The molecule has 0 radical (unpaired) electrons. The predicted octanol–water partition coefficient (Wildman–Crippen LogP) is 4.75. The van der Waals surface area contributed by atoms with Crippen LogP contribution in [0.15, 0.2) is 80.4 Å². The van der Waals surface area contributed by atoms with E-state index < -0.39 is 18.2 Å². The number of fused-ring (bicyclic) bond motifs is 2. The van der Waals surface area contributed by atoms with Gasteiger partial charge in [0.15, 0.2) is 6.61 Å². The van der Waals surface area contributed by atoms with Gasteiger partial charge in [-0.05, 0) is 35.0 Å². The van der Waals surface area contributed by atoms with Crippen molar-refractivity contribution in [3.63, 3.8) is 0 Å². The van der Waals surface area contributed by atoms with Crippen molar-refractivity contribution < 1.29 is 18.7 Å². The largest absolute Gasteiger partial charge is 0.453 e. The maximum Gasteiger partial charge on any atom is 0.351 e. The van der Waals surface area contributed by atoms with Gasteiger partial charge in [0.25, 0.3) is 0 Å². The molecule has 0 unspecified atom stereocenters. The van der Waals surface area contributed by atoms with E-state index in [2.05, 4.69) is 15.9 Å². The summed E-state index contributed by atoms with van der Waals surface area (Å²) in [5.41, 5.74) is -0.245. The van der Waals surface area contributed by atoms with Crippen molar-refractivity contribution in [2.24, 2.45) is 0 Å². The highest BCUT2D eigenvalue weighted by Gasteiger charge is 2.18. The molecule has 0 saturated carbocycles. The second kappa shape index (κ2) is 7.40. The molecule has 0 spiro atoms. The third kappa shape index (κ3) is 3.46. The van der Waals surface area contributed by atoms with Crippen LogP contribution in [0.1, 0.15) is 20.7 Å². The van der Waals surface area contributed by atoms with Crippen molar-refractivity contribution in [1.29, 1.82) is 0 Å². The van der Waals surface area contributed by atoms with Crippen LogP contribution in [0, 0.1) is 0 Å². The van der Waals surface area contributed by atoms with Crippen molar-refractivity contribution >= 4 is 49.4 Å². The number of hydrogen-bond donors (Lipinski definition) is 0. The maximum atomic E-state index is 12.6. The predicted molar refractivity (Wildman–Crippen MR) is 109 cm³/mol. The monoisotopic (exact) mass is 436 g/mol. The van der Waals surface area contributed by atoms with Gasteiger partial charge in [0.05, 0.1) is 0 Å². The second-order valence-corrected chi connectivity index (χ2v) is 7.07. The molecule has 1 aromatic heterocycles. The zero-order valence-electron chi connectivity index (χ0n) is 14.5. The minimum Gasteiger partial charge on any atom is -0.453 e. The van der Waals surface area contributed by atoms with Crippen LogP contribution >= 0.6 is 15.9 Å². The third-order valence-electron chi connectivity index (χ3n) is 4.34. The minimum atomic E-state index is -0.899. The van der Waals surface area contributed by atoms with Gasteiger partial charge in [-0.25, -0.2) is 9.59 Å². The first-order valence-electron chi connectivity index (χ1n) is 8.44. The van der Waals surface area contributed by atoms with Crippen LogP contribution in [0.2, 0.25) is 0 Å². The first-order chi connectivity index (χ1) is 13.5. The Kier molecular flexibility index (Phi) is 4.79. The number of halogens is 1. The molecule has 6 heteroatoms. The molecule has 0 amide bonds. The van der Waals surface area contributed by atoms with Crippen LogP contribution < -0.4 is 5.63 Å². The van der Waals surface area contributed by atoms with Crippen molar-refractivity contribution in [3.8, 4) is 0 Å². The first kappa shape index (κ1) is 18.1. The third-order valence-corrected chi connectivity index (χ3v) is 4.83. The molecular weight excluding hydrogens is 424 g/mol. The smallest absolute Gasteiger partial charge is 0.351 e. The summed E-state index contributed by atoms with van der Waals surface area (Å²) >= 11 is 3.33. The number of carbonyl (C=O) groups excluding carboxylic acids is 2. The molecule has 0 N–H and O–H groups in total. The summed E-state index contributed by atoms with van der Waals surface area (Å²) in [6.45, 7) is -0.469. The fraction of sp³-hybridized carbons (Fsp3) is 0.0455. The van der Waals surface area contributed by atoms with Crippen molar-refractivity contribution in [2.45, 2.75) is 0 Å². The zero-order valence-corrected chi connectivity index (χ0v) is 16.1. The molecule has 5 nitrogen and oxygen atoms in total. The molecule has 28 heavy (non-hydrogen) atoms. The number of ether oxygens (including phenoxy) is 1. The first-order valence-corrected chi connectivity index (χ1v) is 9.24. The molecule has 0 aliphatic carbocycles. The van der Waals surface area contributed by atoms with Crippen molar-refractivity contribution in [2.75, 3.05) is 6.61 Å². The van der Waals surface area contributed by atoms with Gasteiger partial charge in [-0.15, -0.1) is 0 Å². The average molecular weight is 437 g/mol. The summed E-state index contributed by atoms with van der Waals surface area (Å²) < 4.78 is 11.0. The lowest BCUT2D eigenvalue weighted by atomic mass is 10.0. The number of carbonyl (C=O) groups is 2. The van der Waals surface area contributed by atoms with Gasteiger partial charge in [-0.1, -0.05) is 58.4 Å². The van der Waals surface area contributed by atoms with E-state index in [0.29, 0.717) is 16.5 Å². The SMILES string of the molecule is O=C(OCC(=O)c1cccc2ccccc12)c1cc2cc(Br)ccc2oc1=O. The Balaban J connectivity index is 1.57. The molecule has 0 fully saturated rings. The van der Waals surface area contributed by atoms with Crippen LogP contribution in [0.4, 0.5) is 0 Å². The highest BCUT2D eigenvalue weighted by molar-refractivity contribution is 9.10. The number of rotatable bonds is 4. The van der Waals surface area contributed by atoms with E-state index in [0.717, 1.165) is 15.2 Å². The summed E-state index contributed by atoms with van der Waals surface area (Å²) in [5, 5.41) is 2.27. The average Bonchev–Trinajstić information content (AvgIpc) is 2.71. The van der Waals surface area contributed by atoms with Gasteiger partial charge in [0.1, 0.15) is 11.1 Å². The lowest BCUT2D eigenvalue weighted by molar-refractivity contribution is 0.0471. The molecule has 0 atom stereocenters. The number of benzene rings is 3. The fourth-order valence-electron chi connectivity index (χ4n) is 2.99. The Labute approximate surface area is 167 Å². The van der Waals surface area contributed by atoms with Gasteiger partial charge in [0, 0.05) is 15.4 Å². The number of hydrogen-bond acceptors (Lipinski definition) is 5. The molecule has 4 rings (SSSR count). The van der Waals surface area contributed by atoms with Gasteiger partial charge in [0.2, 0.25) is 5.78 Å². The fourth-order valence-corrected chi connectivity index (χ4v) is 3.37. The Bertz CT molecular complexity index is 1280. The summed E-state index contributed by atoms with van der Waals surface area (Å²) in [4.78, 5) is 37.0. The molecule has 138 valence electrons. The molecule has 4 aromatic rings. The Morgan fingerprint density at radius 1 is 0.893 bits per heavy atom. The molecule has 1 heterocycles. The van der Waals surface area contributed by atoms with Crippen molar-refractivity contribution in [1.82, 2.24) is 0 Å². The quantitative estimate of drug-likeness (QED) is 0.262. The molecule has 0 bridgehead atoms. The minimum absolute atomic E-state index is 0.253.